The highest BCUT2D eigenvalue weighted by Gasteiger charge is 2.47. The van der Waals surface area contributed by atoms with E-state index in [0.29, 0.717) is 11.5 Å². The van der Waals surface area contributed by atoms with Gasteiger partial charge in [0.2, 0.25) is 0 Å². The number of methoxy groups -OCH3 is 2. The van der Waals surface area contributed by atoms with Crippen molar-refractivity contribution >= 4 is 0 Å². The van der Waals surface area contributed by atoms with Crippen molar-refractivity contribution in [2.45, 2.75) is 42.8 Å². The summed E-state index contributed by atoms with van der Waals surface area (Å²) in [4.78, 5) is 26.4. The van der Waals surface area contributed by atoms with E-state index >= 15 is 0 Å². The molecule has 5 atom stereocenters. The molecule has 0 bridgehead atoms. The molecular weight excluding hydrogens is 628 g/mol. The standard InChI is InChI=1S/C38H38N2O9/c1-46-29-17-13-27(14-18-29)38(26-11-7-4-8-12-26,28-15-19-30(47-2)20-16-28)48-24-31-33(42)34(43)35(44)36(49-31)39-22-21-32(41)40(37(39)45)23-25-9-5-3-6-10-25/h3-22,31,33-36,42-44H,23-24H2,1-2H3/t31?,33-,34+,35?,36-/m1/s1. The molecule has 1 aliphatic rings. The summed E-state index contributed by atoms with van der Waals surface area (Å²) in [7, 11) is 3.16. The summed E-state index contributed by atoms with van der Waals surface area (Å²) >= 11 is 0. The van der Waals surface area contributed by atoms with Crippen molar-refractivity contribution in [1.29, 1.82) is 0 Å². The Bertz CT molecular complexity index is 1900. The molecule has 1 fully saturated rings. The normalized spacial score (nSPS) is 20.9. The quantitative estimate of drug-likeness (QED) is 0.182. The molecule has 1 aromatic heterocycles. The average molecular weight is 667 g/mol. The lowest BCUT2D eigenvalue weighted by molar-refractivity contribution is -0.259. The lowest BCUT2D eigenvalue weighted by Crippen LogP contribution is -2.59. The molecule has 11 heteroatoms. The van der Waals surface area contributed by atoms with E-state index in [1.54, 1.807) is 38.5 Å². The molecule has 1 saturated heterocycles. The van der Waals surface area contributed by atoms with Crippen LogP contribution in [0.2, 0.25) is 0 Å². The first-order valence-corrected chi connectivity index (χ1v) is 15.8. The van der Waals surface area contributed by atoms with Gasteiger partial charge in [0.15, 0.2) is 6.23 Å². The maximum Gasteiger partial charge on any atom is 0.333 e. The Morgan fingerprint density at radius 1 is 0.673 bits per heavy atom. The van der Waals surface area contributed by atoms with Crippen molar-refractivity contribution < 1.29 is 34.3 Å². The van der Waals surface area contributed by atoms with Crippen molar-refractivity contribution in [3.05, 3.63) is 165 Å². The molecule has 0 saturated carbocycles. The molecule has 5 aromatic rings. The Balaban J connectivity index is 1.39. The van der Waals surface area contributed by atoms with Crippen LogP contribution in [-0.2, 0) is 21.6 Å². The number of nitrogens with zero attached hydrogens (tertiary/aromatic N) is 2. The minimum absolute atomic E-state index is 0.0107. The molecule has 0 radical (unpaired) electrons. The summed E-state index contributed by atoms with van der Waals surface area (Å²) in [6.07, 6.45) is -6.45. The fourth-order valence-corrected chi connectivity index (χ4v) is 6.22. The van der Waals surface area contributed by atoms with Crippen LogP contribution >= 0.6 is 0 Å². The SMILES string of the molecule is COc1ccc(C(OCC2O[C@@H](n3ccc(=O)n(Cc4ccccc4)c3=O)C(O)[C@@H](O)[C@@H]2O)(c2ccccc2)c2ccc(OC)cc2)cc1. The minimum atomic E-state index is -1.71. The lowest BCUT2D eigenvalue weighted by atomic mass is 9.80. The lowest BCUT2D eigenvalue weighted by Gasteiger charge is -2.43. The number of benzene rings is 4. The third kappa shape index (κ3) is 6.67. The molecule has 4 aromatic carbocycles. The molecule has 0 spiro atoms. The Hall–Kier alpha value is -5.04. The van der Waals surface area contributed by atoms with Crippen LogP contribution in [0.1, 0.15) is 28.5 Å². The predicted octanol–water partition coefficient (Wildman–Crippen LogP) is 3.06. The maximum absolute atomic E-state index is 13.6. The summed E-state index contributed by atoms with van der Waals surface area (Å²) in [5.41, 5.74) is 0.394. The van der Waals surface area contributed by atoms with E-state index in [-0.39, 0.29) is 13.2 Å². The minimum Gasteiger partial charge on any atom is -0.497 e. The second-order valence-electron chi connectivity index (χ2n) is 11.8. The van der Waals surface area contributed by atoms with Crippen LogP contribution in [-0.4, -0.2) is 69.7 Å². The molecule has 2 unspecified atom stereocenters. The van der Waals surface area contributed by atoms with Gasteiger partial charge in [-0.1, -0.05) is 84.9 Å². The monoisotopic (exact) mass is 666 g/mol. The molecule has 11 nitrogen and oxygen atoms in total. The average Bonchev–Trinajstić information content (AvgIpc) is 3.15. The number of aliphatic hydroxyl groups is 3. The first kappa shape index (κ1) is 33.8. The number of ether oxygens (including phenoxy) is 4. The first-order valence-electron chi connectivity index (χ1n) is 15.8. The molecule has 3 N–H and O–H groups in total. The Morgan fingerprint density at radius 3 is 1.76 bits per heavy atom. The van der Waals surface area contributed by atoms with Crippen molar-refractivity contribution in [3.8, 4) is 11.5 Å². The smallest absolute Gasteiger partial charge is 0.333 e. The molecule has 49 heavy (non-hydrogen) atoms. The molecule has 254 valence electrons. The molecule has 2 heterocycles. The molecule has 1 aliphatic heterocycles. The van der Waals surface area contributed by atoms with Gasteiger partial charge in [-0.2, -0.15) is 0 Å². The van der Waals surface area contributed by atoms with Crippen LogP contribution in [0.4, 0.5) is 0 Å². The van der Waals surface area contributed by atoms with Gasteiger partial charge in [0.1, 0.15) is 41.5 Å². The number of aliphatic hydroxyl groups excluding tert-OH is 3. The van der Waals surface area contributed by atoms with Gasteiger partial charge in [-0.25, -0.2) is 4.79 Å². The van der Waals surface area contributed by atoms with E-state index in [9.17, 15) is 24.9 Å². The molecule has 6 rings (SSSR count). The highest BCUT2D eigenvalue weighted by molar-refractivity contribution is 5.49. The summed E-state index contributed by atoms with van der Waals surface area (Å²) in [5.74, 6) is 1.29. The van der Waals surface area contributed by atoms with Gasteiger partial charge in [-0.15, -0.1) is 0 Å². The topological polar surface area (TPSA) is 142 Å². The van der Waals surface area contributed by atoms with Gasteiger partial charge in [0.05, 0.1) is 27.4 Å². The van der Waals surface area contributed by atoms with Gasteiger partial charge < -0.3 is 34.3 Å². The number of hydrogen-bond acceptors (Lipinski definition) is 9. The van der Waals surface area contributed by atoms with Crippen LogP contribution in [0.5, 0.6) is 11.5 Å². The second kappa shape index (κ2) is 14.6. The highest BCUT2D eigenvalue weighted by atomic mass is 16.6. The van der Waals surface area contributed by atoms with Gasteiger partial charge in [-0.3, -0.25) is 13.9 Å². The number of rotatable bonds is 11. The van der Waals surface area contributed by atoms with Crippen molar-refractivity contribution in [2.75, 3.05) is 20.8 Å². The Morgan fingerprint density at radius 2 is 1.20 bits per heavy atom. The van der Waals surface area contributed by atoms with Crippen molar-refractivity contribution in [3.63, 3.8) is 0 Å². The van der Waals surface area contributed by atoms with Crippen LogP contribution in [0, 0.1) is 0 Å². The van der Waals surface area contributed by atoms with E-state index < -0.39 is 47.5 Å². The van der Waals surface area contributed by atoms with Crippen LogP contribution in [0.25, 0.3) is 0 Å². The van der Waals surface area contributed by atoms with Crippen molar-refractivity contribution in [2.24, 2.45) is 0 Å². The van der Waals surface area contributed by atoms with E-state index in [1.165, 1.54) is 12.3 Å². The van der Waals surface area contributed by atoms with Crippen molar-refractivity contribution in [1.82, 2.24) is 9.13 Å². The van der Waals surface area contributed by atoms with Gasteiger partial charge in [-0.05, 0) is 46.5 Å². The summed E-state index contributed by atoms with van der Waals surface area (Å²) in [6.45, 7) is -0.296. The maximum atomic E-state index is 13.6. The van der Waals surface area contributed by atoms with Crippen LogP contribution < -0.4 is 20.7 Å². The fraction of sp³-hybridized carbons (Fsp3) is 0.263. The van der Waals surface area contributed by atoms with E-state index in [1.807, 2.05) is 84.9 Å². The zero-order valence-electron chi connectivity index (χ0n) is 27.0. The molecule has 0 amide bonds. The van der Waals surface area contributed by atoms with Gasteiger partial charge >= 0.3 is 5.69 Å². The first-order chi connectivity index (χ1) is 23.8. The Kier molecular flexibility index (Phi) is 10.1. The third-order valence-corrected chi connectivity index (χ3v) is 8.88. The predicted molar refractivity (Wildman–Crippen MR) is 181 cm³/mol. The third-order valence-electron chi connectivity index (χ3n) is 8.88. The highest BCUT2D eigenvalue weighted by Crippen LogP contribution is 2.42. The molecule has 0 aliphatic carbocycles. The zero-order valence-corrected chi connectivity index (χ0v) is 27.0. The Labute approximate surface area is 282 Å². The van der Waals surface area contributed by atoms with E-state index in [4.69, 9.17) is 18.9 Å². The van der Waals surface area contributed by atoms with Crippen LogP contribution in [0.15, 0.2) is 131 Å². The summed E-state index contributed by atoms with van der Waals surface area (Å²) in [6, 6.07) is 34.5. The van der Waals surface area contributed by atoms with Gasteiger partial charge in [0.25, 0.3) is 5.56 Å². The summed E-state index contributed by atoms with van der Waals surface area (Å²) < 4.78 is 26.0. The second-order valence-corrected chi connectivity index (χ2v) is 11.8. The zero-order chi connectivity index (χ0) is 34.5. The van der Waals surface area contributed by atoms with Gasteiger partial charge in [0, 0.05) is 12.3 Å². The molecular formula is C38H38N2O9. The van der Waals surface area contributed by atoms with E-state index in [0.717, 1.165) is 31.4 Å². The fourth-order valence-electron chi connectivity index (χ4n) is 6.22. The number of aromatic nitrogens is 2. The number of hydrogen-bond donors (Lipinski definition) is 3. The van der Waals surface area contributed by atoms with E-state index in [2.05, 4.69) is 0 Å². The largest absolute Gasteiger partial charge is 0.497 e. The summed E-state index contributed by atoms with van der Waals surface area (Å²) in [5, 5.41) is 33.3. The van der Waals surface area contributed by atoms with Crippen LogP contribution in [0.3, 0.4) is 0 Å².